The second-order valence-electron chi connectivity index (χ2n) is 15.2. The zero-order valence-electron chi connectivity index (χ0n) is 31.3. The van der Waals surface area contributed by atoms with Crippen molar-refractivity contribution in [1.82, 2.24) is 13.7 Å². The third-order valence-corrected chi connectivity index (χ3v) is 12.0. The average Bonchev–Trinajstić information content (AvgIpc) is 3.93. The van der Waals surface area contributed by atoms with Crippen molar-refractivity contribution in [2.45, 2.75) is 12.8 Å². The molecule has 0 saturated carbocycles. The molecular weight excluding hydrogens is 691 g/mol. The number of hydrogen-bond donors (Lipinski definition) is 0. The highest BCUT2D eigenvalue weighted by Gasteiger charge is 2.23. The molecule has 11 aromatic rings. The van der Waals surface area contributed by atoms with E-state index in [0.717, 1.165) is 24.2 Å². The molecule has 0 amide bonds. The van der Waals surface area contributed by atoms with Gasteiger partial charge in [0, 0.05) is 38.0 Å². The third-order valence-electron chi connectivity index (χ3n) is 12.0. The monoisotopic (exact) mass is 727 g/mol. The molecule has 3 heteroatoms. The lowest BCUT2D eigenvalue weighted by Crippen LogP contribution is -2.01. The normalized spacial score (nSPS) is 13.2. The van der Waals surface area contributed by atoms with Crippen molar-refractivity contribution in [3.8, 4) is 28.2 Å². The summed E-state index contributed by atoms with van der Waals surface area (Å²) >= 11 is 0. The highest BCUT2D eigenvalue weighted by Crippen LogP contribution is 2.43. The lowest BCUT2D eigenvalue weighted by molar-refractivity contribution is 1.04. The fourth-order valence-electron chi connectivity index (χ4n) is 9.61. The first-order chi connectivity index (χ1) is 28.3. The Morgan fingerprint density at radius 2 is 0.895 bits per heavy atom. The molecule has 57 heavy (non-hydrogen) atoms. The van der Waals surface area contributed by atoms with Crippen LogP contribution in [0.15, 0.2) is 200 Å². The molecule has 0 radical (unpaired) electrons. The summed E-state index contributed by atoms with van der Waals surface area (Å²) in [6, 6.07) is 67.0. The zero-order valence-corrected chi connectivity index (χ0v) is 31.3. The van der Waals surface area contributed by atoms with Crippen LogP contribution in [0.25, 0.3) is 99.2 Å². The summed E-state index contributed by atoms with van der Waals surface area (Å²) in [5.41, 5.74) is 15.6. The third kappa shape index (κ3) is 4.79. The molecule has 1 aliphatic rings. The number of fused-ring (bicyclic) bond motifs is 9. The van der Waals surface area contributed by atoms with E-state index in [9.17, 15) is 0 Å². The van der Waals surface area contributed by atoms with Gasteiger partial charge in [-0.3, -0.25) is 0 Å². The van der Waals surface area contributed by atoms with Crippen molar-refractivity contribution < 1.29 is 0 Å². The van der Waals surface area contributed by atoms with Gasteiger partial charge in [0.2, 0.25) is 0 Å². The molecule has 0 saturated heterocycles. The first kappa shape index (κ1) is 31.9. The Kier molecular flexibility index (Phi) is 7.05. The van der Waals surface area contributed by atoms with E-state index in [4.69, 9.17) is 0 Å². The van der Waals surface area contributed by atoms with E-state index in [0.29, 0.717) is 0 Å². The van der Waals surface area contributed by atoms with Crippen molar-refractivity contribution in [1.29, 1.82) is 0 Å². The van der Waals surface area contributed by atoms with E-state index in [1.54, 1.807) is 0 Å². The molecule has 1 aliphatic carbocycles. The number of allylic oxidation sites excluding steroid dienone is 4. The predicted octanol–water partition coefficient (Wildman–Crippen LogP) is 14.4. The van der Waals surface area contributed by atoms with Crippen LogP contribution in [0.1, 0.15) is 18.4 Å². The Labute approximate surface area is 330 Å². The van der Waals surface area contributed by atoms with Gasteiger partial charge in [0.05, 0.1) is 44.5 Å². The van der Waals surface area contributed by atoms with Gasteiger partial charge in [0.25, 0.3) is 0 Å². The molecule has 0 atom stereocenters. The van der Waals surface area contributed by atoms with Crippen LogP contribution in [0.4, 0.5) is 0 Å². The van der Waals surface area contributed by atoms with Crippen LogP contribution in [0.2, 0.25) is 0 Å². The van der Waals surface area contributed by atoms with Gasteiger partial charge in [0.1, 0.15) is 0 Å². The minimum atomic E-state index is 1.06. The van der Waals surface area contributed by atoms with Crippen molar-refractivity contribution in [2.75, 3.05) is 0 Å². The number of benzene rings is 8. The van der Waals surface area contributed by atoms with Gasteiger partial charge < -0.3 is 13.7 Å². The van der Waals surface area contributed by atoms with Crippen LogP contribution < -0.4 is 0 Å². The first-order valence-electron chi connectivity index (χ1n) is 19.9. The molecule has 0 aliphatic heterocycles. The summed E-state index contributed by atoms with van der Waals surface area (Å²) in [4.78, 5) is 0. The van der Waals surface area contributed by atoms with Crippen LogP contribution in [-0.4, -0.2) is 13.7 Å². The Bertz CT molecular complexity index is 3400. The highest BCUT2D eigenvalue weighted by molar-refractivity contribution is 6.18. The SMILES string of the molecule is C1=CC(c2cc(-c3ccccc3)cc(-n3c4ccccc4c4c(-n5c6ccccc6c6cccc(-n7c8ccccc8c8ccccc87)c65)cccc43)c2)=CCC1. The first-order valence-corrected chi connectivity index (χ1v) is 19.9. The fourth-order valence-corrected chi connectivity index (χ4v) is 9.61. The quantitative estimate of drug-likeness (QED) is 0.168. The Balaban J connectivity index is 1.19. The standard InChI is InChI=1S/C54H37N3/c1-3-17-36(18-4-1)38-33-39(37-19-5-2-6-20-37)35-40(34-38)55-49-29-14-10-24-45(49)53-50(55)30-16-31-51(53)57-48-28-13-9-23-43(48)44-25-15-32-52(54(44)57)56-46-26-11-7-21-41(46)42-22-8-12-27-47(42)56/h1,3-5,7-35H,2,6H2. The second kappa shape index (κ2) is 12.6. The van der Waals surface area contributed by atoms with Gasteiger partial charge in [-0.05, 0) is 95.8 Å². The zero-order chi connectivity index (χ0) is 37.5. The van der Waals surface area contributed by atoms with Gasteiger partial charge in [-0.15, -0.1) is 0 Å². The molecule has 3 heterocycles. The van der Waals surface area contributed by atoms with Crippen LogP contribution in [-0.2, 0) is 0 Å². The Morgan fingerprint density at radius 3 is 1.60 bits per heavy atom. The molecular formula is C54H37N3. The van der Waals surface area contributed by atoms with Crippen molar-refractivity contribution in [3.63, 3.8) is 0 Å². The van der Waals surface area contributed by atoms with Gasteiger partial charge in [0.15, 0.2) is 0 Å². The Hall–Kier alpha value is -7.36. The molecule has 268 valence electrons. The van der Waals surface area contributed by atoms with Gasteiger partial charge >= 0.3 is 0 Å². The number of para-hydroxylation sites is 5. The van der Waals surface area contributed by atoms with Crippen LogP contribution >= 0.6 is 0 Å². The number of aromatic nitrogens is 3. The largest absolute Gasteiger partial charge is 0.309 e. The fraction of sp³-hybridized carbons (Fsp3) is 0.0370. The summed E-state index contributed by atoms with van der Waals surface area (Å²) in [6.07, 6.45) is 9.12. The van der Waals surface area contributed by atoms with E-state index >= 15 is 0 Å². The average molecular weight is 728 g/mol. The lowest BCUT2D eigenvalue weighted by Gasteiger charge is -2.16. The molecule has 12 rings (SSSR count). The second-order valence-corrected chi connectivity index (χ2v) is 15.2. The maximum Gasteiger partial charge on any atom is 0.0782 e. The lowest BCUT2D eigenvalue weighted by atomic mass is 9.95. The molecule has 0 N–H and O–H groups in total. The molecule has 0 fully saturated rings. The minimum Gasteiger partial charge on any atom is -0.309 e. The molecule has 8 aromatic carbocycles. The summed E-state index contributed by atoms with van der Waals surface area (Å²) < 4.78 is 7.49. The van der Waals surface area contributed by atoms with E-state index in [1.165, 1.54) is 93.4 Å². The smallest absolute Gasteiger partial charge is 0.0782 e. The molecule has 0 unspecified atom stereocenters. The molecule has 3 aromatic heterocycles. The summed E-state index contributed by atoms with van der Waals surface area (Å²) in [5, 5.41) is 7.46. The minimum absolute atomic E-state index is 1.06. The summed E-state index contributed by atoms with van der Waals surface area (Å²) in [5.74, 6) is 0. The van der Waals surface area contributed by atoms with E-state index in [1.807, 2.05) is 0 Å². The van der Waals surface area contributed by atoms with Crippen molar-refractivity contribution >= 4 is 71.0 Å². The predicted molar refractivity (Wildman–Crippen MR) is 241 cm³/mol. The number of nitrogens with zero attached hydrogens (tertiary/aromatic N) is 3. The molecule has 0 bridgehead atoms. The summed E-state index contributed by atoms with van der Waals surface area (Å²) in [6.45, 7) is 0. The van der Waals surface area contributed by atoms with E-state index < -0.39 is 0 Å². The number of hydrogen-bond acceptors (Lipinski definition) is 0. The molecule has 0 spiro atoms. The van der Waals surface area contributed by atoms with Crippen LogP contribution in [0, 0.1) is 0 Å². The van der Waals surface area contributed by atoms with Crippen molar-refractivity contribution in [2.24, 2.45) is 0 Å². The van der Waals surface area contributed by atoms with Crippen molar-refractivity contribution in [3.05, 3.63) is 206 Å². The Morgan fingerprint density at radius 1 is 0.351 bits per heavy atom. The van der Waals surface area contributed by atoms with E-state index in [-0.39, 0.29) is 0 Å². The summed E-state index contributed by atoms with van der Waals surface area (Å²) in [7, 11) is 0. The van der Waals surface area contributed by atoms with Gasteiger partial charge in [-0.25, -0.2) is 0 Å². The highest BCUT2D eigenvalue weighted by atomic mass is 15.1. The maximum absolute atomic E-state index is 2.53. The molecule has 3 nitrogen and oxygen atoms in total. The van der Waals surface area contributed by atoms with Crippen LogP contribution in [0.5, 0.6) is 0 Å². The topological polar surface area (TPSA) is 14.8 Å². The van der Waals surface area contributed by atoms with Gasteiger partial charge in [-0.2, -0.15) is 0 Å². The maximum atomic E-state index is 2.53. The number of rotatable bonds is 5. The van der Waals surface area contributed by atoms with Gasteiger partial charge in [-0.1, -0.05) is 140 Å². The van der Waals surface area contributed by atoms with Crippen LogP contribution in [0.3, 0.4) is 0 Å². The van der Waals surface area contributed by atoms with E-state index in [2.05, 4.69) is 214 Å².